The molecule has 1 amide bonds. The second-order valence-electron chi connectivity index (χ2n) is 5.86. The minimum absolute atomic E-state index is 0.243. The van der Waals surface area contributed by atoms with Crippen molar-refractivity contribution in [3.63, 3.8) is 0 Å². The Morgan fingerprint density at radius 1 is 1.12 bits per heavy atom. The van der Waals surface area contributed by atoms with Gasteiger partial charge >= 0.3 is 0 Å². The van der Waals surface area contributed by atoms with Gasteiger partial charge in [-0.15, -0.1) is 0 Å². The zero-order chi connectivity index (χ0) is 16.9. The van der Waals surface area contributed by atoms with Crippen molar-refractivity contribution in [1.82, 2.24) is 0 Å². The number of anilines is 2. The standard InChI is InChI=1S/C19H18ClN3O/c20-16-7-8-18(23-9-2-1-3-10-23)17(12-16)22-19(24)15-6-4-5-14(11-15)13-21/h4-8,11-12H,1-3,9-10H2,(H,22,24). The molecule has 0 radical (unpaired) electrons. The number of amides is 1. The highest BCUT2D eigenvalue weighted by atomic mass is 35.5. The van der Waals surface area contributed by atoms with Crippen LogP contribution in [0, 0.1) is 11.3 Å². The Hall–Kier alpha value is -2.51. The molecule has 0 bridgehead atoms. The van der Waals surface area contributed by atoms with E-state index in [0.717, 1.165) is 31.6 Å². The first-order valence-corrected chi connectivity index (χ1v) is 8.41. The lowest BCUT2D eigenvalue weighted by atomic mass is 10.1. The molecule has 0 aromatic heterocycles. The van der Waals surface area contributed by atoms with Gasteiger partial charge in [0.25, 0.3) is 5.91 Å². The number of carbonyl (C=O) groups is 1. The molecule has 1 N–H and O–H groups in total. The summed E-state index contributed by atoms with van der Waals surface area (Å²) in [5.74, 6) is -0.243. The number of rotatable bonds is 3. The van der Waals surface area contributed by atoms with Crippen molar-refractivity contribution in [2.24, 2.45) is 0 Å². The molecular weight excluding hydrogens is 322 g/mol. The quantitative estimate of drug-likeness (QED) is 0.898. The fourth-order valence-electron chi connectivity index (χ4n) is 2.94. The summed E-state index contributed by atoms with van der Waals surface area (Å²) in [5.41, 5.74) is 2.62. The van der Waals surface area contributed by atoms with Crippen LogP contribution in [-0.4, -0.2) is 19.0 Å². The van der Waals surface area contributed by atoms with Gasteiger partial charge in [0.05, 0.1) is 23.0 Å². The number of piperidine rings is 1. The largest absolute Gasteiger partial charge is 0.370 e. The molecule has 2 aromatic carbocycles. The molecule has 1 fully saturated rings. The molecule has 1 aliphatic heterocycles. The highest BCUT2D eigenvalue weighted by Gasteiger charge is 2.17. The molecular formula is C19H18ClN3O. The molecule has 2 aromatic rings. The lowest BCUT2D eigenvalue weighted by Gasteiger charge is -2.30. The van der Waals surface area contributed by atoms with Gasteiger partial charge in [0.15, 0.2) is 0 Å². The van der Waals surface area contributed by atoms with Crippen LogP contribution >= 0.6 is 11.6 Å². The van der Waals surface area contributed by atoms with Crippen molar-refractivity contribution in [2.45, 2.75) is 19.3 Å². The van der Waals surface area contributed by atoms with Gasteiger partial charge in [-0.2, -0.15) is 5.26 Å². The Bertz CT molecular complexity index is 791. The summed E-state index contributed by atoms with van der Waals surface area (Å²) in [4.78, 5) is 14.8. The van der Waals surface area contributed by atoms with E-state index < -0.39 is 0 Å². The molecule has 4 nitrogen and oxygen atoms in total. The monoisotopic (exact) mass is 339 g/mol. The van der Waals surface area contributed by atoms with Gasteiger partial charge < -0.3 is 10.2 Å². The van der Waals surface area contributed by atoms with Gasteiger partial charge in [-0.1, -0.05) is 17.7 Å². The van der Waals surface area contributed by atoms with Crippen molar-refractivity contribution < 1.29 is 4.79 Å². The van der Waals surface area contributed by atoms with Crippen LogP contribution in [0.15, 0.2) is 42.5 Å². The fraction of sp³-hybridized carbons (Fsp3) is 0.263. The number of nitriles is 1. The molecule has 0 aliphatic carbocycles. The Balaban J connectivity index is 1.87. The number of hydrogen-bond donors (Lipinski definition) is 1. The molecule has 24 heavy (non-hydrogen) atoms. The SMILES string of the molecule is N#Cc1cccc(C(=O)Nc2cc(Cl)ccc2N2CCCCC2)c1. The first-order valence-electron chi connectivity index (χ1n) is 8.03. The second-order valence-corrected chi connectivity index (χ2v) is 6.29. The molecule has 0 unspecified atom stereocenters. The van der Waals surface area contributed by atoms with Crippen LogP contribution in [0.1, 0.15) is 35.2 Å². The lowest BCUT2D eigenvalue weighted by Crippen LogP contribution is -2.30. The van der Waals surface area contributed by atoms with Crippen LogP contribution in [0.5, 0.6) is 0 Å². The first kappa shape index (κ1) is 16.4. The minimum atomic E-state index is -0.243. The predicted molar refractivity (Wildman–Crippen MR) is 96.6 cm³/mol. The smallest absolute Gasteiger partial charge is 0.255 e. The van der Waals surface area contributed by atoms with Crippen LogP contribution in [-0.2, 0) is 0 Å². The third kappa shape index (κ3) is 3.69. The molecule has 1 saturated heterocycles. The summed E-state index contributed by atoms with van der Waals surface area (Å²) in [6.45, 7) is 1.96. The second kappa shape index (κ2) is 7.37. The van der Waals surface area contributed by atoms with Crippen molar-refractivity contribution in [3.8, 4) is 6.07 Å². The maximum absolute atomic E-state index is 12.5. The van der Waals surface area contributed by atoms with E-state index >= 15 is 0 Å². The van der Waals surface area contributed by atoms with Crippen LogP contribution in [0.3, 0.4) is 0 Å². The summed E-state index contributed by atoms with van der Waals surface area (Å²) in [5, 5.41) is 12.5. The summed E-state index contributed by atoms with van der Waals surface area (Å²) >= 11 is 6.12. The molecule has 1 aliphatic rings. The number of nitrogens with one attached hydrogen (secondary N) is 1. The average Bonchev–Trinajstić information content (AvgIpc) is 2.62. The predicted octanol–water partition coefficient (Wildman–Crippen LogP) is 4.45. The molecule has 3 rings (SSSR count). The molecule has 0 atom stereocenters. The fourth-order valence-corrected chi connectivity index (χ4v) is 3.12. The Kier molecular flexibility index (Phi) is 5.02. The average molecular weight is 340 g/mol. The molecule has 122 valence electrons. The number of hydrogen-bond acceptors (Lipinski definition) is 3. The van der Waals surface area contributed by atoms with Crippen LogP contribution in [0.2, 0.25) is 5.02 Å². The van der Waals surface area contributed by atoms with Crippen molar-refractivity contribution in [2.75, 3.05) is 23.3 Å². The minimum Gasteiger partial charge on any atom is -0.370 e. The highest BCUT2D eigenvalue weighted by Crippen LogP contribution is 2.31. The van der Waals surface area contributed by atoms with Crippen LogP contribution < -0.4 is 10.2 Å². The van der Waals surface area contributed by atoms with E-state index in [1.165, 1.54) is 6.42 Å². The van der Waals surface area contributed by atoms with E-state index in [9.17, 15) is 4.79 Å². The number of halogens is 1. The number of nitrogens with zero attached hydrogens (tertiary/aromatic N) is 2. The molecule has 0 spiro atoms. The van der Waals surface area contributed by atoms with Crippen LogP contribution in [0.25, 0.3) is 0 Å². The lowest BCUT2D eigenvalue weighted by molar-refractivity contribution is 0.102. The van der Waals surface area contributed by atoms with E-state index in [1.807, 2.05) is 18.2 Å². The van der Waals surface area contributed by atoms with Crippen molar-refractivity contribution >= 4 is 28.9 Å². The van der Waals surface area contributed by atoms with Gasteiger partial charge in [0, 0.05) is 23.7 Å². The summed E-state index contributed by atoms with van der Waals surface area (Å²) < 4.78 is 0. The Morgan fingerprint density at radius 2 is 1.92 bits per heavy atom. The van der Waals surface area contributed by atoms with E-state index in [4.69, 9.17) is 16.9 Å². The van der Waals surface area contributed by atoms with E-state index in [0.29, 0.717) is 21.8 Å². The topological polar surface area (TPSA) is 56.1 Å². The third-order valence-electron chi connectivity index (χ3n) is 4.16. The van der Waals surface area contributed by atoms with Crippen LogP contribution in [0.4, 0.5) is 11.4 Å². The van der Waals surface area contributed by atoms with Crippen molar-refractivity contribution in [1.29, 1.82) is 5.26 Å². The molecule has 0 saturated carbocycles. The van der Waals surface area contributed by atoms with Gasteiger partial charge in [-0.3, -0.25) is 4.79 Å². The van der Waals surface area contributed by atoms with Gasteiger partial charge in [-0.25, -0.2) is 0 Å². The molecule has 5 heteroatoms. The Morgan fingerprint density at radius 3 is 2.67 bits per heavy atom. The zero-order valence-electron chi connectivity index (χ0n) is 13.3. The van der Waals surface area contributed by atoms with E-state index in [-0.39, 0.29) is 5.91 Å². The summed E-state index contributed by atoms with van der Waals surface area (Å²) in [7, 11) is 0. The van der Waals surface area contributed by atoms with E-state index in [1.54, 1.807) is 30.3 Å². The zero-order valence-corrected chi connectivity index (χ0v) is 14.0. The maximum Gasteiger partial charge on any atom is 0.255 e. The summed E-state index contributed by atoms with van der Waals surface area (Å²) in [6.07, 6.45) is 3.55. The third-order valence-corrected chi connectivity index (χ3v) is 4.39. The van der Waals surface area contributed by atoms with Gasteiger partial charge in [0.2, 0.25) is 0 Å². The summed E-state index contributed by atoms with van der Waals surface area (Å²) in [6, 6.07) is 14.3. The van der Waals surface area contributed by atoms with Gasteiger partial charge in [-0.05, 0) is 55.7 Å². The first-order chi connectivity index (χ1) is 11.7. The Labute approximate surface area is 146 Å². The molecule has 1 heterocycles. The van der Waals surface area contributed by atoms with Crippen molar-refractivity contribution in [3.05, 3.63) is 58.6 Å². The maximum atomic E-state index is 12.5. The van der Waals surface area contributed by atoms with Gasteiger partial charge in [0.1, 0.15) is 0 Å². The van der Waals surface area contributed by atoms with E-state index in [2.05, 4.69) is 10.2 Å². The normalized spacial score (nSPS) is 14.1. The number of carbonyl (C=O) groups excluding carboxylic acids is 1. The highest BCUT2D eigenvalue weighted by molar-refractivity contribution is 6.31. The number of benzene rings is 2.